The van der Waals surface area contributed by atoms with Crippen molar-refractivity contribution in [3.8, 4) is 5.75 Å². The van der Waals surface area contributed by atoms with Gasteiger partial charge in [-0.25, -0.2) is 13.4 Å². The number of likely N-dealkylation sites (tertiary alicyclic amines) is 1. The van der Waals surface area contributed by atoms with Crippen molar-refractivity contribution in [1.82, 2.24) is 9.88 Å². The molecule has 1 aromatic heterocycles. The summed E-state index contributed by atoms with van der Waals surface area (Å²) in [6, 6.07) is 2.99. The van der Waals surface area contributed by atoms with Crippen LogP contribution in [0.5, 0.6) is 5.75 Å². The fraction of sp³-hybridized carbons (Fsp3) is 0.500. The molecule has 2 aliphatic rings. The van der Waals surface area contributed by atoms with Crippen LogP contribution in [0, 0.1) is 5.92 Å². The Hall–Kier alpha value is -2.35. The summed E-state index contributed by atoms with van der Waals surface area (Å²) >= 11 is 0.458. The molecular weight excluding hydrogens is 510 g/mol. The van der Waals surface area contributed by atoms with E-state index >= 15 is 0 Å². The van der Waals surface area contributed by atoms with Gasteiger partial charge in [0.25, 0.3) is 5.91 Å². The lowest BCUT2D eigenvalue weighted by atomic mass is 10.0. The highest BCUT2D eigenvalue weighted by Crippen LogP contribution is 2.59. The van der Waals surface area contributed by atoms with E-state index in [2.05, 4.69) is 4.98 Å². The van der Waals surface area contributed by atoms with E-state index in [0.717, 1.165) is 31.4 Å². The van der Waals surface area contributed by atoms with Crippen LogP contribution in [-0.4, -0.2) is 55.8 Å². The molecule has 0 N–H and O–H groups in total. The number of thiazole rings is 1. The van der Waals surface area contributed by atoms with Crippen LogP contribution in [0.15, 0.2) is 28.5 Å². The number of nitrogens with zero attached hydrogens (tertiary/aromatic N) is 2. The third-order valence-corrected chi connectivity index (χ3v) is 8.06. The van der Waals surface area contributed by atoms with Gasteiger partial charge in [0.1, 0.15) is 5.75 Å². The summed E-state index contributed by atoms with van der Waals surface area (Å²) in [5, 5.41) is 0.311. The largest absolute Gasteiger partial charge is 0.480 e. The molecule has 2 aromatic rings. The van der Waals surface area contributed by atoms with E-state index in [1.165, 1.54) is 10.3 Å². The molecule has 1 saturated carbocycles. The van der Waals surface area contributed by atoms with Crippen molar-refractivity contribution < 1.29 is 44.3 Å². The second-order valence-electron chi connectivity index (χ2n) is 8.51. The molecule has 1 saturated heterocycles. The van der Waals surface area contributed by atoms with Crippen molar-refractivity contribution in [2.75, 3.05) is 19.3 Å². The molecule has 2 unspecified atom stereocenters. The average molecular weight is 528 g/mol. The third kappa shape index (κ3) is 4.49. The van der Waals surface area contributed by atoms with Gasteiger partial charge in [-0.1, -0.05) is 0 Å². The first-order valence-corrected chi connectivity index (χ1v) is 12.7. The molecule has 3 atom stereocenters. The molecule has 6 nitrogen and oxygen atoms in total. The Balaban J connectivity index is 1.63. The van der Waals surface area contributed by atoms with Gasteiger partial charge < -0.3 is 9.64 Å². The Morgan fingerprint density at radius 2 is 1.94 bits per heavy atom. The van der Waals surface area contributed by atoms with Gasteiger partial charge in [0.15, 0.2) is 20.9 Å². The predicted octanol–water partition coefficient (Wildman–Crippen LogP) is 4.31. The van der Waals surface area contributed by atoms with E-state index in [0.29, 0.717) is 17.8 Å². The number of hydrogen-bond acceptors (Lipinski definition) is 6. The van der Waals surface area contributed by atoms with Crippen LogP contribution >= 0.6 is 11.3 Å². The minimum Gasteiger partial charge on any atom is -0.480 e. The normalized spacial score (nSPS) is 23.5. The van der Waals surface area contributed by atoms with Crippen molar-refractivity contribution in [2.45, 2.75) is 42.1 Å². The van der Waals surface area contributed by atoms with Crippen LogP contribution in [0.1, 0.15) is 34.4 Å². The van der Waals surface area contributed by atoms with E-state index in [-0.39, 0.29) is 35.2 Å². The van der Waals surface area contributed by atoms with E-state index in [1.54, 1.807) is 0 Å². The summed E-state index contributed by atoms with van der Waals surface area (Å²) in [6.45, 7) is 0.906. The monoisotopic (exact) mass is 528 g/mol. The van der Waals surface area contributed by atoms with Crippen LogP contribution < -0.4 is 4.74 Å². The lowest BCUT2D eigenvalue weighted by Crippen LogP contribution is -2.35. The molecular formula is C20H18F6N2O4S2. The molecule has 1 aromatic carbocycles. The Bertz CT molecular complexity index is 1240. The van der Waals surface area contributed by atoms with Gasteiger partial charge in [-0.05, 0) is 37.5 Å². The second-order valence-corrected chi connectivity index (χ2v) is 11.4. The zero-order valence-electron chi connectivity index (χ0n) is 17.7. The number of fused-ring (bicyclic) bond motifs is 1. The number of aromatic nitrogens is 1. The average Bonchev–Trinajstić information content (AvgIpc) is 3.07. The van der Waals surface area contributed by atoms with Crippen molar-refractivity contribution in [2.24, 2.45) is 5.92 Å². The molecule has 4 rings (SSSR count). The van der Waals surface area contributed by atoms with Crippen LogP contribution in [0.3, 0.4) is 0 Å². The lowest BCUT2D eigenvalue weighted by molar-refractivity contribution is -0.189. The van der Waals surface area contributed by atoms with Gasteiger partial charge in [-0.15, -0.1) is 11.3 Å². The first-order valence-electron chi connectivity index (χ1n) is 9.92. The fourth-order valence-corrected chi connectivity index (χ4v) is 5.55. The van der Waals surface area contributed by atoms with Crippen molar-refractivity contribution in [1.29, 1.82) is 0 Å². The lowest BCUT2D eigenvalue weighted by Gasteiger charge is -2.24. The molecule has 1 amide bonds. The summed E-state index contributed by atoms with van der Waals surface area (Å²) in [6.07, 6.45) is -10.2. The van der Waals surface area contributed by atoms with Gasteiger partial charge in [0, 0.05) is 30.1 Å². The number of sulfone groups is 1. The summed E-state index contributed by atoms with van der Waals surface area (Å²) < 4.78 is 107. The standard InChI is InChI=1S/C20H18F6N2O4S2/c1-10(19(21,22)23)32-14-4-3-12(34(2,30)31)5-13(14)16(29)28-7-11-6-18(11,9-28)15-8-33-17(27-15)20(24,25)26/h3-5,8,10-11H,6-7,9H2,1-2H3/t10-,11?,18?/m0/s1. The highest BCUT2D eigenvalue weighted by atomic mass is 32.2. The van der Waals surface area contributed by atoms with E-state index in [4.69, 9.17) is 4.74 Å². The van der Waals surface area contributed by atoms with Gasteiger partial charge in [-0.3, -0.25) is 4.79 Å². The van der Waals surface area contributed by atoms with Crippen LogP contribution in [0.2, 0.25) is 0 Å². The molecule has 1 aliphatic heterocycles. The number of rotatable bonds is 5. The molecule has 0 bridgehead atoms. The summed E-state index contributed by atoms with van der Waals surface area (Å²) in [5.74, 6) is -1.37. The Kier molecular flexibility index (Phi) is 5.71. The molecule has 2 heterocycles. The van der Waals surface area contributed by atoms with Gasteiger partial charge in [-0.2, -0.15) is 26.3 Å². The topological polar surface area (TPSA) is 76.6 Å². The number of carbonyl (C=O) groups is 1. The Morgan fingerprint density at radius 3 is 2.50 bits per heavy atom. The molecule has 186 valence electrons. The van der Waals surface area contributed by atoms with Gasteiger partial charge in [0.2, 0.25) is 0 Å². The maximum Gasteiger partial charge on any atom is 0.443 e. The maximum atomic E-state index is 13.3. The highest BCUT2D eigenvalue weighted by Gasteiger charge is 2.63. The number of piperidine rings is 1. The Morgan fingerprint density at radius 1 is 1.26 bits per heavy atom. The number of benzene rings is 1. The van der Waals surface area contributed by atoms with Crippen molar-refractivity contribution in [3.05, 3.63) is 39.8 Å². The van der Waals surface area contributed by atoms with Gasteiger partial charge >= 0.3 is 12.4 Å². The number of hydrogen-bond donors (Lipinski definition) is 0. The number of ether oxygens (including phenoxy) is 1. The predicted molar refractivity (Wildman–Crippen MR) is 109 cm³/mol. The molecule has 0 spiro atoms. The number of alkyl halides is 6. The molecule has 14 heteroatoms. The summed E-state index contributed by atoms with van der Waals surface area (Å²) in [7, 11) is -3.79. The minimum absolute atomic E-state index is 0.00883. The summed E-state index contributed by atoms with van der Waals surface area (Å²) in [5.41, 5.74) is -0.911. The maximum absolute atomic E-state index is 13.3. The van der Waals surface area contributed by atoms with Crippen LogP contribution in [-0.2, 0) is 21.4 Å². The number of amides is 1. The molecule has 2 fully saturated rings. The second kappa shape index (κ2) is 7.83. The van der Waals surface area contributed by atoms with Gasteiger partial charge in [0.05, 0.1) is 16.2 Å². The Labute approximate surface area is 194 Å². The number of halogens is 6. The molecule has 34 heavy (non-hydrogen) atoms. The zero-order valence-corrected chi connectivity index (χ0v) is 19.3. The summed E-state index contributed by atoms with van der Waals surface area (Å²) in [4.78, 5) is 18.0. The first-order chi connectivity index (χ1) is 15.5. The smallest absolute Gasteiger partial charge is 0.443 e. The highest BCUT2D eigenvalue weighted by molar-refractivity contribution is 7.90. The molecule has 0 radical (unpaired) electrons. The van der Waals surface area contributed by atoms with Crippen molar-refractivity contribution in [3.63, 3.8) is 0 Å². The van der Waals surface area contributed by atoms with E-state index in [1.807, 2.05) is 0 Å². The zero-order chi connectivity index (χ0) is 25.3. The quantitative estimate of drug-likeness (QED) is 0.541. The number of carbonyl (C=O) groups excluding carboxylic acids is 1. The third-order valence-electron chi connectivity index (χ3n) is 6.06. The van der Waals surface area contributed by atoms with E-state index in [9.17, 15) is 39.6 Å². The SMILES string of the molecule is C[C@H](Oc1ccc(S(C)(=O)=O)cc1C(=O)N1CC2CC2(c2csc(C(F)(F)F)n2)C1)C(F)(F)F. The fourth-order valence-electron chi connectivity index (χ4n) is 4.10. The van der Waals surface area contributed by atoms with E-state index < -0.39 is 50.4 Å². The molecule has 1 aliphatic carbocycles. The van der Waals surface area contributed by atoms with Crippen molar-refractivity contribution >= 4 is 27.1 Å². The first kappa shape index (κ1) is 24.8. The van der Waals surface area contributed by atoms with Crippen LogP contribution in [0.4, 0.5) is 26.3 Å². The van der Waals surface area contributed by atoms with Crippen LogP contribution in [0.25, 0.3) is 0 Å². The minimum atomic E-state index is -4.73.